The molecular formula is C10H25NOSi. The predicted octanol–water partition coefficient (Wildman–Crippen LogP) is 2.50. The van der Waals surface area contributed by atoms with E-state index in [1.54, 1.807) is 0 Å². The van der Waals surface area contributed by atoms with Crippen LogP contribution in [0, 0.1) is 0 Å². The molecule has 0 bridgehead atoms. The van der Waals surface area contributed by atoms with Crippen molar-refractivity contribution in [2.24, 2.45) is 0 Å². The third kappa shape index (κ3) is 6.24. The first-order chi connectivity index (χ1) is 6.09. The van der Waals surface area contributed by atoms with Gasteiger partial charge in [-0.15, -0.1) is 0 Å². The molecule has 0 aliphatic heterocycles. The maximum absolute atomic E-state index is 5.89. The summed E-state index contributed by atoms with van der Waals surface area (Å²) in [6, 6.07) is 0. The lowest BCUT2D eigenvalue weighted by Gasteiger charge is -2.23. The second-order valence-electron chi connectivity index (χ2n) is 4.26. The van der Waals surface area contributed by atoms with Gasteiger partial charge < -0.3 is 4.43 Å². The summed E-state index contributed by atoms with van der Waals surface area (Å²) in [4.78, 5) is 0. The van der Waals surface area contributed by atoms with Crippen LogP contribution in [0.5, 0.6) is 0 Å². The highest BCUT2D eigenvalue weighted by atomic mass is 28.3. The first-order valence-electron chi connectivity index (χ1n) is 5.41. The fraction of sp³-hybridized carbons (Fsp3) is 1.00. The Kier molecular flexibility index (Phi) is 7.61. The van der Waals surface area contributed by atoms with Crippen molar-refractivity contribution >= 4 is 9.04 Å². The average Bonchev–Trinajstić information content (AvgIpc) is 2.02. The number of nitrogens with one attached hydrogen (secondary N) is 1. The van der Waals surface area contributed by atoms with Crippen LogP contribution >= 0.6 is 0 Å². The molecular weight excluding hydrogens is 178 g/mol. The Morgan fingerprint density at radius 1 is 1.15 bits per heavy atom. The van der Waals surface area contributed by atoms with E-state index in [1.807, 2.05) is 0 Å². The Bertz CT molecular complexity index is 109. The minimum atomic E-state index is -0.986. The van der Waals surface area contributed by atoms with Crippen LogP contribution in [-0.4, -0.2) is 22.3 Å². The van der Waals surface area contributed by atoms with Gasteiger partial charge in [-0.25, -0.2) is 0 Å². The molecule has 13 heavy (non-hydrogen) atoms. The number of hydrogen-bond donors (Lipinski definition) is 1. The molecule has 0 fully saturated rings. The van der Waals surface area contributed by atoms with E-state index in [2.05, 4.69) is 39.9 Å². The minimum Gasteiger partial charge on any atom is -0.407 e. The van der Waals surface area contributed by atoms with Gasteiger partial charge in [0.05, 0.1) is 6.73 Å². The normalized spacial score (nSPS) is 12.0. The number of rotatable bonds is 7. The summed E-state index contributed by atoms with van der Waals surface area (Å²) >= 11 is 0. The lowest BCUT2D eigenvalue weighted by atomic mass is 10.5. The van der Waals surface area contributed by atoms with Crippen molar-refractivity contribution in [3.05, 3.63) is 0 Å². The van der Waals surface area contributed by atoms with Gasteiger partial charge in [-0.3, -0.25) is 5.32 Å². The van der Waals surface area contributed by atoms with Crippen molar-refractivity contribution in [3.8, 4) is 0 Å². The maximum atomic E-state index is 5.89. The molecule has 0 aromatic heterocycles. The Labute approximate surface area is 84.8 Å². The van der Waals surface area contributed by atoms with Gasteiger partial charge in [-0.1, -0.05) is 34.6 Å². The lowest BCUT2D eigenvalue weighted by molar-refractivity contribution is 0.275. The van der Waals surface area contributed by atoms with Crippen molar-refractivity contribution < 1.29 is 4.43 Å². The van der Waals surface area contributed by atoms with Crippen molar-refractivity contribution in [2.75, 3.05) is 13.3 Å². The molecule has 0 saturated carbocycles. The van der Waals surface area contributed by atoms with Gasteiger partial charge in [0.15, 0.2) is 9.04 Å². The van der Waals surface area contributed by atoms with E-state index >= 15 is 0 Å². The van der Waals surface area contributed by atoms with Crippen LogP contribution in [0.3, 0.4) is 0 Å². The summed E-state index contributed by atoms with van der Waals surface area (Å²) in [7, 11) is -0.986. The van der Waals surface area contributed by atoms with Crippen molar-refractivity contribution in [1.29, 1.82) is 0 Å². The summed E-state index contributed by atoms with van der Waals surface area (Å²) in [5.41, 5.74) is 1.48. The molecule has 0 aliphatic carbocycles. The fourth-order valence-electron chi connectivity index (χ4n) is 1.56. The minimum absolute atomic E-state index is 0.739. The standard InChI is InChI=1S/C10H25NOSi/c1-6-7-11-8-12-13(9(2)3)10(4)5/h9-11,13H,6-8H2,1-5H3. The molecule has 0 rings (SSSR count). The summed E-state index contributed by atoms with van der Waals surface area (Å²) in [6.45, 7) is 13.1. The molecule has 0 unspecified atom stereocenters. The molecule has 0 radical (unpaired) electrons. The molecule has 3 heteroatoms. The molecule has 80 valence electrons. The van der Waals surface area contributed by atoms with E-state index in [9.17, 15) is 0 Å². The van der Waals surface area contributed by atoms with Crippen LogP contribution in [-0.2, 0) is 4.43 Å². The Morgan fingerprint density at radius 3 is 2.08 bits per heavy atom. The maximum Gasteiger partial charge on any atom is 0.183 e. The summed E-state index contributed by atoms with van der Waals surface area (Å²) in [6.07, 6.45) is 1.18. The van der Waals surface area contributed by atoms with Crippen LogP contribution in [0.1, 0.15) is 41.0 Å². The third-order valence-electron chi connectivity index (χ3n) is 2.12. The van der Waals surface area contributed by atoms with Gasteiger partial charge in [-0.2, -0.15) is 0 Å². The summed E-state index contributed by atoms with van der Waals surface area (Å²) < 4.78 is 5.89. The SMILES string of the molecule is CCCNCO[SiH](C(C)C)C(C)C. The largest absolute Gasteiger partial charge is 0.407 e. The smallest absolute Gasteiger partial charge is 0.183 e. The number of hydrogen-bond acceptors (Lipinski definition) is 2. The third-order valence-corrected chi connectivity index (χ3v) is 5.30. The van der Waals surface area contributed by atoms with Gasteiger partial charge in [0.25, 0.3) is 0 Å². The zero-order chi connectivity index (χ0) is 10.3. The van der Waals surface area contributed by atoms with E-state index in [4.69, 9.17) is 4.43 Å². The molecule has 1 N–H and O–H groups in total. The predicted molar refractivity (Wildman–Crippen MR) is 61.6 cm³/mol. The first kappa shape index (κ1) is 13.1. The van der Waals surface area contributed by atoms with E-state index in [1.165, 1.54) is 6.42 Å². The second kappa shape index (κ2) is 7.53. The van der Waals surface area contributed by atoms with Crippen molar-refractivity contribution in [3.63, 3.8) is 0 Å². The Morgan fingerprint density at radius 2 is 1.69 bits per heavy atom. The van der Waals surface area contributed by atoms with Crippen LogP contribution < -0.4 is 5.32 Å². The molecule has 0 amide bonds. The Balaban J connectivity index is 3.58. The molecule has 0 atom stereocenters. The van der Waals surface area contributed by atoms with E-state index < -0.39 is 9.04 Å². The zero-order valence-electron chi connectivity index (χ0n) is 9.76. The van der Waals surface area contributed by atoms with Crippen LogP contribution in [0.2, 0.25) is 11.1 Å². The van der Waals surface area contributed by atoms with E-state index in [0.717, 1.165) is 24.4 Å². The quantitative estimate of drug-likeness (QED) is 0.390. The molecule has 0 saturated heterocycles. The van der Waals surface area contributed by atoms with Gasteiger partial charge in [0.2, 0.25) is 0 Å². The van der Waals surface area contributed by atoms with Gasteiger partial charge in [0.1, 0.15) is 0 Å². The molecule has 2 nitrogen and oxygen atoms in total. The first-order valence-corrected chi connectivity index (χ1v) is 7.22. The fourth-order valence-corrected chi connectivity index (χ4v) is 4.18. The van der Waals surface area contributed by atoms with E-state index in [0.29, 0.717) is 0 Å². The van der Waals surface area contributed by atoms with Gasteiger partial charge >= 0.3 is 0 Å². The topological polar surface area (TPSA) is 21.3 Å². The van der Waals surface area contributed by atoms with Crippen molar-refractivity contribution in [1.82, 2.24) is 5.32 Å². The van der Waals surface area contributed by atoms with Gasteiger partial charge in [0, 0.05) is 0 Å². The molecule has 0 heterocycles. The molecule has 0 aromatic rings. The summed E-state index contributed by atoms with van der Waals surface area (Å²) in [5, 5.41) is 3.29. The molecule has 0 aliphatic rings. The second-order valence-corrected chi connectivity index (χ2v) is 8.19. The highest BCUT2D eigenvalue weighted by molar-refractivity contribution is 6.54. The van der Waals surface area contributed by atoms with Crippen molar-refractivity contribution in [2.45, 2.75) is 52.1 Å². The lowest BCUT2D eigenvalue weighted by Crippen LogP contribution is -2.31. The van der Waals surface area contributed by atoms with Gasteiger partial charge in [-0.05, 0) is 24.0 Å². The highest BCUT2D eigenvalue weighted by Crippen LogP contribution is 2.20. The monoisotopic (exact) mass is 203 g/mol. The summed E-state index contributed by atoms with van der Waals surface area (Å²) in [5.74, 6) is 0. The highest BCUT2D eigenvalue weighted by Gasteiger charge is 2.20. The van der Waals surface area contributed by atoms with E-state index in [-0.39, 0.29) is 0 Å². The Hall–Kier alpha value is 0.137. The van der Waals surface area contributed by atoms with Crippen LogP contribution in [0.15, 0.2) is 0 Å². The molecule has 0 spiro atoms. The van der Waals surface area contributed by atoms with Crippen LogP contribution in [0.4, 0.5) is 0 Å². The zero-order valence-corrected chi connectivity index (χ0v) is 10.9. The van der Waals surface area contributed by atoms with Crippen LogP contribution in [0.25, 0.3) is 0 Å². The molecule has 0 aromatic carbocycles. The average molecular weight is 203 g/mol.